The molecule has 0 aliphatic heterocycles. The van der Waals surface area contributed by atoms with Gasteiger partial charge in [0.15, 0.2) is 0 Å². The molecular weight excluding hydrogens is 275 g/mol. The summed E-state index contributed by atoms with van der Waals surface area (Å²) in [5.74, 6) is 0. The Morgan fingerprint density at radius 1 is 1.36 bits per heavy atom. The van der Waals surface area contributed by atoms with Crippen molar-refractivity contribution in [3.8, 4) is 0 Å². The van der Waals surface area contributed by atoms with Crippen molar-refractivity contribution in [3.05, 3.63) is 35.9 Å². The minimum Gasteiger partial charge on any atom is -0.325 e. The fourth-order valence-corrected chi connectivity index (χ4v) is 1.76. The van der Waals surface area contributed by atoms with Crippen LogP contribution in [0.4, 0.5) is 0 Å². The smallest absolute Gasteiger partial charge is 0.243 e. The molecule has 1 aromatic carbocycles. The van der Waals surface area contributed by atoms with Crippen LogP contribution in [0, 0.1) is 0 Å². The number of carbonyl (C=O) groups excluding carboxylic acids is 1. The van der Waals surface area contributed by atoms with Crippen LogP contribution in [0.1, 0.15) is 10.4 Å². The number of hydrogen-bond acceptors (Lipinski definition) is 2. The molecule has 0 aliphatic rings. The molecule has 0 aliphatic carbocycles. The van der Waals surface area contributed by atoms with Crippen molar-refractivity contribution in [1.82, 2.24) is 0 Å². The minimum atomic E-state index is -1.18. The van der Waals surface area contributed by atoms with Gasteiger partial charge in [-0.15, -0.1) is 0 Å². The molecule has 0 atom stereocenters. The number of carbonyl (C=O) groups is 1. The summed E-state index contributed by atoms with van der Waals surface area (Å²) < 4.78 is 8.94. The van der Waals surface area contributed by atoms with Crippen molar-refractivity contribution in [2.24, 2.45) is 0 Å². The number of benzene rings is 1. The first-order chi connectivity index (χ1) is 5.22. The molecule has 4 heteroatoms. The Bertz CT molecular complexity index is 248. The zero-order valence-corrected chi connectivity index (χ0v) is 8.50. The van der Waals surface area contributed by atoms with Crippen LogP contribution in [0.5, 0.6) is 0 Å². The molecule has 1 aromatic rings. The van der Waals surface area contributed by atoms with Crippen LogP contribution in [0.15, 0.2) is 30.3 Å². The molecule has 59 valence electrons. The quantitative estimate of drug-likeness (QED) is 0.804. The van der Waals surface area contributed by atoms with Crippen molar-refractivity contribution in [3.63, 3.8) is 0 Å². The van der Waals surface area contributed by atoms with Gasteiger partial charge in [-0.1, -0.05) is 30.3 Å². The molecule has 0 heterocycles. The van der Waals surface area contributed by atoms with Crippen molar-refractivity contribution >= 4 is 34.7 Å². The van der Waals surface area contributed by atoms with Gasteiger partial charge in [0.05, 0.1) is 8.35 Å². The van der Waals surface area contributed by atoms with E-state index in [0.717, 1.165) is 0 Å². The van der Waals surface area contributed by atoms with Crippen LogP contribution in [-0.2, 0) is 0 Å². The zero-order chi connectivity index (χ0) is 8.27. The molecule has 1 radical (unpaired) electrons. The minimum absolute atomic E-state index is 0.216. The van der Waals surface area contributed by atoms with Gasteiger partial charge in [-0.3, -0.25) is 4.79 Å². The standard InChI is InChI=1S/C7H6IO2S/c8-11(10)7(9)6-4-2-1-3-5-6/h1-5,10H. The van der Waals surface area contributed by atoms with Crippen molar-refractivity contribution in [2.75, 3.05) is 0 Å². The van der Waals surface area contributed by atoms with Gasteiger partial charge in [0.25, 0.3) is 0 Å². The van der Waals surface area contributed by atoms with E-state index in [9.17, 15) is 4.79 Å². The van der Waals surface area contributed by atoms with Gasteiger partial charge < -0.3 is 4.55 Å². The van der Waals surface area contributed by atoms with E-state index in [1.807, 2.05) is 6.07 Å². The van der Waals surface area contributed by atoms with E-state index < -0.39 is 8.35 Å². The third-order valence-corrected chi connectivity index (χ3v) is 2.90. The van der Waals surface area contributed by atoms with Crippen LogP contribution in [0.25, 0.3) is 0 Å². The highest BCUT2D eigenvalue weighted by atomic mass is 127. The molecule has 0 saturated heterocycles. The van der Waals surface area contributed by atoms with E-state index in [0.29, 0.717) is 5.56 Å². The lowest BCUT2D eigenvalue weighted by molar-refractivity contribution is 0.108. The molecule has 1 N–H and O–H groups in total. The van der Waals surface area contributed by atoms with Gasteiger partial charge in [-0.2, -0.15) is 0 Å². The molecule has 0 amide bonds. The highest BCUT2D eigenvalue weighted by Crippen LogP contribution is 2.33. The van der Waals surface area contributed by atoms with Crippen LogP contribution in [-0.4, -0.2) is 9.67 Å². The highest BCUT2D eigenvalue weighted by Gasteiger charge is 2.10. The van der Waals surface area contributed by atoms with Gasteiger partial charge in [-0.05, 0) is 0 Å². The lowest BCUT2D eigenvalue weighted by atomic mass is 10.2. The number of hydrogen-bond donors (Lipinski definition) is 1. The monoisotopic (exact) mass is 281 g/mol. The van der Waals surface area contributed by atoms with Crippen molar-refractivity contribution in [2.45, 2.75) is 0 Å². The van der Waals surface area contributed by atoms with Crippen molar-refractivity contribution < 1.29 is 9.35 Å². The van der Waals surface area contributed by atoms with Crippen LogP contribution < -0.4 is 0 Å². The van der Waals surface area contributed by atoms with Gasteiger partial charge in [-0.25, -0.2) is 0 Å². The molecule has 0 fully saturated rings. The summed E-state index contributed by atoms with van der Waals surface area (Å²) in [7, 11) is -1.18. The largest absolute Gasteiger partial charge is 0.325 e. The van der Waals surface area contributed by atoms with Crippen molar-refractivity contribution in [1.29, 1.82) is 0 Å². The zero-order valence-electron chi connectivity index (χ0n) is 5.53. The van der Waals surface area contributed by atoms with Gasteiger partial charge in [0.2, 0.25) is 5.12 Å². The molecular formula is C7H6IO2S. The fraction of sp³-hybridized carbons (Fsp3) is 0. The van der Waals surface area contributed by atoms with Crippen LogP contribution >= 0.6 is 29.6 Å². The third-order valence-electron chi connectivity index (χ3n) is 1.16. The highest BCUT2D eigenvalue weighted by molar-refractivity contribution is 14.2. The van der Waals surface area contributed by atoms with E-state index in [1.54, 1.807) is 45.5 Å². The summed E-state index contributed by atoms with van der Waals surface area (Å²) in [6.45, 7) is 0. The van der Waals surface area contributed by atoms with E-state index in [4.69, 9.17) is 4.55 Å². The van der Waals surface area contributed by atoms with Gasteiger partial charge in [0, 0.05) is 26.8 Å². The topological polar surface area (TPSA) is 37.3 Å². The first-order valence-electron chi connectivity index (χ1n) is 2.91. The summed E-state index contributed by atoms with van der Waals surface area (Å²) in [6, 6.07) is 8.77. The second-order valence-corrected chi connectivity index (χ2v) is 5.24. The Labute approximate surface area is 79.8 Å². The van der Waals surface area contributed by atoms with Crippen LogP contribution in [0.2, 0.25) is 0 Å². The average Bonchev–Trinajstić information content (AvgIpc) is 2.05. The Morgan fingerprint density at radius 2 is 1.91 bits per heavy atom. The Morgan fingerprint density at radius 3 is 2.36 bits per heavy atom. The molecule has 2 nitrogen and oxygen atoms in total. The fourth-order valence-electron chi connectivity index (χ4n) is 0.671. The van der Waals surface area contributed by atoms with Gasteiger partial charge >= 0.3 is 0 Å². The molecule has 0 saturated carbocycles. The number of halogens is 1. The molecule has 0 bridgehead atoms. The Kier molecular flexibility index (Phi) is 3.35. The van der Waals surface area contributed by atoms with E-state index >= 15 is 0 Å². The molecule has 1 rings (SSSR count). The van der Waals surface area contributed by atoms with Crippen LogP contribution in [0.3, 0.4) is 0 Å². The molecule has 0 spiro atoms. The number of rotatable bonds is 1. The summed E-state index contributed by atoms with van der Waals surface area (Å²) >= 11 is 1.71. The maximum absolute atomic E-state index is 11.1. The first kappa shape index (κ1) is 9.02. The normalized spacial score (nSPS) is 10.1. The van der Waals surface area contributed by atoms with E-state index in [-0.39, 0.29) is 5.12 Å². The third kappa shape index (κ3) is 2.46. The molecule has 0 unspecified atom stereocenters. The predicted molar refractivity (Wildman–Crippen MR) is 55.0 cm³/mol. The van der Waals surface area contributed by atoms with E-state index in [1.165, 1.54) is 0 Å². The second kappa shape index (κ2) is 4.08. The SMILES string of the molecule is O=C(c1ccccc1)[S](O)I. The molecule has 11 heavy (non-hydrogen) atoms. The Hall–Kier alpha value is -0.0700. The molecule has 0 aromatic heterocycles. The first-order valence-corrected chi connectivity index (χ1v) is 6.63. The lowest BCUT2D eigenvalue weighted by Crippen LogP contribution is -1.93. The predicted octanol–water partition coefficient (Wildman–Crippen LogP) is 2.92. The van der Waals surface area contributed by atoms with Gasteiger partial charge in [0.1, 0.15) is 0 Å². The Balaban J connectivity index is 2.86. The van der Waals surface area contributed by atoms with E-state index in [2.05, 4.69) is 0 Å². The lowest BCUT2D eigenvalue weighted by Gasteiger charge is -2.00. The average molecular weight is 281 g/mol. The summed E-state index contributed by atoms with van der Waals surface area (Å²) in [5.41, 5.74) is 0.563. The summed E-state index contributed by atoms with van der Waals surface area (Å²) in [5, 5.41) is -0.216. The summed E-state index contributed by atoms with van der Waals surface area (Å²) in [4.78, 5) is 11.1. The summed E-state index contributed by atoms with van der Waals surface area (Å²) in [6.07, 6.45) is 0. The maximum Gasteiger partial charge on any atom is 0.243 e. The maximum atomic E-state index is 11.1. The second-order valence-electron chi connectivity index (χ2n) is 1.89.